The summed E-state index contributed by atoms with van der Waals surface area (Å²) < 4.78 is 0. The molecule has 1 aromatic heterocycles. The Labute approximate surface area is 123 Å². The molecule has 1 amide bonds. The first-order valence-electron chi connectivity index (χ1n) is 6.93. The number of nitrogens with one attached hydrogen (secondary N) is 3. The van der Waals surface area contributed by atoms with Crippen LogP contribution in [-0.4, -0.2) is 34.9 Å². The van der Waals surface area contributed by atoms with E-state index >= 15 is 0 Å². The highest BCUT2D eigenvalue weighted by molar-refractivity contribution is 5.84. The minimum Gasteiger partial charge on any atom is -0.370 e. The predicted molar refractivity (Wildman–Crippen MR) is 81.4 cm³/mol. The van der Waals surface area contributed by atoms with E-state index in [4.69, 9.17) is 0 Å². The molecule has 1 aromatic rings. The number of nitro groups is 1. The Balaban J connectivity index is 2.90. The molecule has 0 saturated carbocycles. The molecule has 8 nitrogen and oxygen atoms in total. The average molecular weight is 295 g/mol. The Bertz CT molecular complexity index is 507. The van der Waals surface area contributed by atoms with Crippen molar-refractivity contribution in [2.24, 2.45) is 0 Å². The Morgan fingerprint density at radius 3 is 2.71 bits per heavy atom. The third-order valence-corrected chi connectivity index (χ3v) is 2.72. The van der Waals surface area contributed by atoms with Crippen LogP contribution in [0.5, 0.6) is 0 Å². The van der Waals surface area contributed by atoms with Gasteiger partial charge in [0.1, 0.15) is 11.9 Å². The van der Waals surface area contributed by atoms with E-state index in [2.05, 4.69) is 20.9 Å². The third-order valence-electron chi connectivity index (χ3n) is 2.72. The standard InChI is InChI=1S/C13H21N5O3/c1-4-8-15-13(19)9(3)16-12-10(18(20)21)6-7-11(17-12)14-5-2/h6-7,9H,4-5,8H2,1-3H3,(H,15,19)(H2,14,16,17). The number of hydrogen-bond donors (Lipinski definition) is 3. The Hall–Kier alpha value is -2.38. The van der Waals surface area contributed by atoms with Crippen LogP contribution < -0.4 is 16.0 Å². The maximum absolute atomic E-state index is 11.8. The van der Waals surface area contributed by atoms with Crippen molar-refractivity contribution < 1.29 is 9.72 Å². The number of amides is 1. The summed E-state index contributed by atoms with van der Waals surface area (Å²) in [6.45, 7) is 6.70. The normalized spacial score (nSPS) is 11.6. The van der Waals surface area contributed by atoms with Crippen molar-refractivity contribution in [2.45, 2.75) is 33.2 Å². The van der Waals surface area contributed by atoms with E-state index in [1.807, 2.05) is 13.8 Å². The third kappa shape index (κ3) is 4.90. The number of carbonyl (C=O) groups is 1. The van der Waals surface area contributed by atoms with Gasteiger partial charge < -0.3 is 16.0 Å². The van der Waals surface area contributed by atoms with E-state index in [0.717, 1.165) is 6.42 Å². The molecule has 0 aliphatic carbocycles. The molecule has 116 valence electrons. The van der Waals surface area contributed by atoms with E-state index in [0.29, 0.717) is 18.9 Å². The first kappa shape index (κ1) is 16.7. The van der Waals surface area contributed by atoms with Gasteiger partial charge in [-0.05, 0) is 26.3 Å². The minimum absolute atomic E-state index is 0.0811. The molecular weight excluding hydrogens is 274 g/mol. The summed E-state index contributed by atoms with van der Waals surface area (Å²) in [6, 6.07) is 2.29. The number of pyridine rings is 1. The highest BCUT2D eigenvalue weighted by Gasteiger charge is 2.20. The molecule has 8 heteroatoms. The van der Waals surface area contributed by atoms with Gasteiger partial charge in [-0.3, -0.25) is 14.9 Å². The van der Waals surface area contributed by atoms with Crippen LogP contribution in [0.3, 0.4) is 0 Å². The summed E-state index contributed by atoms with van der Waals surface area (Å²) >= 11 is 0. The lowest BCUT2D eigenvalue weighted by Gasteiger charge is -2.15. The lowest BCUT2D eigenvalue weighted by Crippen LogP contribution is -2.38. The molecule has 0 aliphatic heterocycles. The lowest BCUT2D eigenvalue weighted by atomic mass is 10.3. The first-order chi connectivity index (χ1) is 9.99. The summed E-state index contributed by atoms with van der Waals surface area (Å²) in [5.41, 5.74) is -0.160. The zero-order chi connectivity index (χ0) is 15.8. The van der Waals surface area contributed by atoms with Crippen molar-refractivity contribution >= 4 is 23.2 Å². The molecule has 0 spiro atoms. The Morgan fingerprint density at radius 2 is 2.14 bits per heavy atom. The molecule has 0 aromatic carbocycles. The smallest absolute Gasteiger partial charge is 0.311 e. The number of aromatic nitrogens is 1. The zero-order valence-electron chi connectivity index (χ0n) is 12.5. The van der Waals surface area contributed by atoms with Crippen LogP contribution in [0.1, 0.15) is 27.2 Å². The molecule has 0 saturated heterocycles. The number of hydrogen-bond acceptors (Lipinski definition) is 6. The molecular formula is C13H21N5O3. The second kappa shape index (κ2) is 8.03. The minimum atomic E-state index is -0.611. The fourth-order valence-electron chi connectivity index (χ4n) is 1.66. The average Bonchev–Trinajstić information content (AvgIpc) is 2.44. The summed E-state index contributed by atoms with van der Waals surface area (Å²) in [5.74, 6) is 0.381. The summed E-state index contributed by atoms with van der Waals surface area (Å²) in [6.07, 6.45) is 0.826. The van der Waals surface area contributed by atoms with Gasteiger partial charge in [-0.25, -0.2) is 4.98 Å². The molecule has 0 aliphatic rings. The molecule has 1 heterocycles. The molecule has 0 radical (unpaired) electrons. The largest absolute Gasteiger partial charge is 0.370 e. The van der Waals surface area contributed by atoms with Crippen molar-refractivity contribution in [1.29, 1.82) is 0 Å². The predicted octanol–water partition coefficient (Wildman–Crippen LogP) is 1.75. The maximum atomic E-state index is 11.8. The van der Waals surface area contributed by atoms with Gasteiger partial charge in [0, 0.05) is 19.2 Å². The summed E-state index contributed by atoms with van der Waals surface area (Å²) in [5, 5.41) is 19.5. The molecule has 1 unspecified atom stereocenters. The number of rotatable bonds is 8. The van der Waals surface area contributed by atoms with Crippen LogP contribution in [0, 0.1) is 10.1 Å². The van der Waals surface area contributed by atoms with Gasteiger partial charge in [0.2, 0.25) is 11.7 Å². The van der Waals surface area contributed by atoms with Gasteiger partial charge in [-0.1, -0.05) is 6.92 Å². The highest BCUT2D eigenvalue weighted by Crippen LogP contribution is 2.24. The Kier molecular flexibility index (Phi) is 6.38. The van der Waals surface area contributed by atoms with E-state index in [-0.39, 0.29) is 17.4 Å². The van der Waals surface area contributed by atoms with Crippen molar-refractivity contribution in [1.82, 2.24) is 10.3 Å². The van der Waals surface area contributed by atoms with Crippen LogP contribution in [-0.2, 0) is 4.79 Å². The SMILES string of the molecule is CCCNC(=O)C(C)Nc1nc(NCC)ccc1[N+](=O)[O-]. The van der Waals surface area contributed by atoms with Crippen LogP contribution in [0.25, 0.3) is 0 Å². The number of anilines is 2. The molecule has 1 atom stereocenters. The quantitative estimate of drug-likeness (QED) is 0.498. The molecule has 3 N–H and O–H groups in total. The van der Waals surface area contributed by atoms with E-state index in [1.165, 1.54) is 12.1 Å². The fourth-order valence-corrected chi connectivity index (χ4v) is 1.66. The second-order valence-corrected chi connectivity index (χ2v) is 4.51. The van der Waals surface area contributed by atoms with Crippen LogP contribution in [0.2, 0.25) is 0 Å². The highest BCUT2D eigenvalue weighted by atomic mass is 16.6. The van der Waals surface area contributed by atoms with Gasteiger partial charge in [-0.15, -0.1) is 0 Å². The van der Waals surface area contributed by atoms with Crippen molar-refractivity contribution in [3.05, 3.63) is 22.2 Å². The molecule has 0 fully saturated rings. The van der Waals surface area contributed by atoms with Gasteiger partial charge in [0.25, 0.3) is 0 Å². The van der Waals surface area contributed by atoms with Gasteiger partial charge in [0.05, 0.1) is 4.92 Å². The van der Waals surface area contributed by atoms with E-state index < -0.39 is 11.0 Å². The van der Waals surface area contributed by atoms with Crippen molar-refractivity contribution in [3.63, 3.8) is 0 Å². The van der Waals surface area contributed by atoms with Crippen molar-refractivity contribution in [3.8, 4) is 0 Å². The van der Waals surface area contributed by atoms with Crippen LogP contribution >= 0.6 is 0 Å². The zero-order valence-corrected chi connectivity index (χ0v) is 12.5. The number of carbonyl (C=O) groups excluding carboxylic acids is 1. The fraction of sp³-hybridized carbons (Fsp3) is 0.538. The monoisotopic (exact) mass is 295 g/mol. The summed E-state index contributed by atoms with van der Waals surface area (Å²) in [4.78, 5) is 26.4. The number of nitrogens with zero attached hydrogens (tertiary/aromatic N) is 2. The van der Waals surface area contributed by atoms with Gasteiger partial charge in [0.15, 0.2) is 0 Å². The van der Waals surface area contributed by atoms with Gasteiger partial charge in [-0.2, -0.15) is 0 Å². The maximum Gasteiger partial charge on any atom is 0.311 e. The van der Waals surface area contributed by atoms with Crippen LogP contribution in [0.4, 0.5) is 17.3 Å². The van der Waals surface area contributed by atoms with Crippen molar-refractivity contribution in [2.75, 3.05) is 23.7 Å². The van der Waals surface area contributed by atoms with Gasteiger partial charge >= 0.3 is 5.69 Å². The van der Waals surface area contributed by atoms with E-state index in [1.54, 1.807) is 6.92 Å². The van der Waals surface area contributed by atoms with E-state index in [9.17, 15) is 14.9 Å². The molecule has 0 bridgehead atoms. The molecule has 21 heavy (non-hydrogen) atoms. The molecule has 1 rings (SSSR count). The second-order valence-electron chi connectivity index (χ2n) is 4.51. The summed E-state index contributed by atoms with van der Waals surface area (Å²) in [7, 11) is 0. The lowest BCUT2D eigenvalue weighted by molar-refractivity contribution is -0.384. The van der Waals surface area contributed by atoms with Crippen LogP contribution in [0.15, 0.2) is 12.1 Å². The topological polar surface area (TPSA) is 109 Å². The Morgan fingerprint density at radius 1 is 1.43 bits per heavy atom. The first-order valence-corrected chi connectivity index (χ1v) is 6.93.